The molecule has 0 unspecified atom stereocenters. The van der Waals surface area contributed by atoms with E-state index in [0.717, 1.165) is 30.1 Å². The average molecular weight is 321 g/mol. The number of pyridine rings is 2. The highest BCUT2D eigenvalue weighted by Crippen LogP contribution is 2.21. The van der Waals surface area contributed by atoms with Gasteiger partial charge in [0.05, 0.1) is 5.39 Å². The van der Waals surface area contributed by atoms with Crippen LogP contribution in [0.5, 0.6) is 0 Å². The van der Waals surface area contributed by atoms with Crippen molar-refractivity contribution in [2.75, 3.05) is 29.0 Å². The molecule has 4 rings (SSSR count). The zero-order chi connectivity index (χ0) is 16.4. The van der Waals surface area contributed by atoms with Crippen LogP contribution in [-0.2, 0) is 6.54 Å². The number of hydrogen-bond acceptors (Lipinski definition) is 7. The third kappa shape index (κ3) is 2.92. The summed E-state index contributed by atoms with van der Waals surface area (Å²) in [4.78, 5) is 19.5. The molecule has 122 valence electrons. The molecule has 3 aromatic rings. The minimum absolute atomic E-state index is 0.455. The summed E-state index contributed by atoms with van der Waals surface area (Å²) in [5.41, 5.74) is 7.48. The highest BCUT2D eigenvalue weighted by molar-refractivity contribution is 5.87. The molecule has 1 saturated heterocycles. The van der Waals surface area contributed by atoms with Crippen molar-refractivity contribution in [3.8, 4) is 0 Å². The third-order valence-electron chi connectivity index (χ3n) is 4.22. The van der Waals surface area contributed by atoms with Crippen molar-refractivity contribution in [2.45, 2.75) is 19.4 Å². The first-order chi connectivity index (χ1) is 11.8. The van der Waals surface area contributed by atoms with E-state index in [1.54, 1.807) is 6.07 Å². The van der Waals surface area contributed by atoms with Crippen molar-refractivity contribution < 1.29 is 0 Å². The zero-order valence-corrected chi connectivity index (χ0v) is 13.3. The van der Waals surface area contributed by atoms with Crippen molar-refractivity contribution in [2.24, 2.45) is 0 Å². The van der Waals surface area contributed by atoms with E-state index >= 15 is 0 Å². The topological polar surface area (TPSA) is 92.8 Å². The van der Waals surface area contributed by atoms with Gasteiger partial charge in [0.25, 0.3) is 0 Å². The van der Waals surface area contributed by atoms with Gasteiger partial charge in [-0.3, -0.25) is 0 Å². The minimum atomic E-state index is 0.455. The van der Waals surface area contributed by atoms with Gasteiger partial charge in [-0.15, -0.1) is 0 Å². The van der Waals surface area contributed by atoms with Gasteiger partial charge < -0.3 is 16.0 Å². The Balaban J connectivity index is 1.54. The van der Waals surface area contributed by atoms with Crippen LogP contribution in [0.25, 0.3) is 11.0 Å². The minimum Gasteiger partial charge on any atom is -0.384 e. The molecular weight excluding hydrogens is 302 g/mol. The molecule has 1 aliphatic heterocycles. The number of nitrogens with one attached hydrogen (secondary N) is 1. The van der Waals surface area contributed by atoms with Gasteiger partial charge in [-0.25, -0.2) is 19.9 Å². The fourth-order valence-corrected chi connectivity index (χ4v) is 2.97. The molecule has 0 aromatic carbocycles. The molecule has 0 bridgehead atoms. The van der Waals surface area contributed by atoms with E-state index in [2.05, 4.69) is 36.2 Å². The van der Waals surface area contributed by atoms with E-state index in [1.165, 1.54) is 24.7 Å². The van der Waals surface area contributed by atoms with Crippen molar-refractivity contribution >= 4 is 28.5 Å². The maximum atomic E-state index is 5.71. The van der Waals surface area contributed by atoms with Crippen LogP contribution in [0.15, 0.2) is 36.8 Å². The first-order valence-corrected chi connectivity index (χ1v) is 8.10. The zero-order valence-electron chi connectivity index (χ0n) is 13.3. The van der Waals surface area contributed by atoms with Crippen LogP contribution in [0.3, 0.4) is 0 Å². The van der Waals surface area contributed by atoms with Gasteiger partial charge in [0.1, 0.15) is 23.8 Å². The monoisotopic (exact) mass is 321 g/mol. The maximum absolute atomic E-state index is 5.71. The fraction of sp³-hybridized carbons (Fsp3) is 0.294. The Kier molecular flexibility index (Phi) is 3.82. The first kappa shape index (κ1) is 14.6. The maximum Gasteiger partial charge on any atom is 0.166 e. The lowest BCUT2D eigenvalue weighted by atomic mass is 10.2. The van der Waals surface area contributed by atoms with Gasteiger partial charge in [0, 0.05) is 25.8 Å². The summed E-state index contributed by atoms with van der Waals surface area (Å²) in [7, 11) is 0. The standard InChI is InChI=1S/C17H19N7/c18-14-4-3-13-16(21-11-22-17(13)23-14)20-10-12-5-6-19-15(9-12)24-7-1-2-8-24/h3-6,9,11H,1-2,7-8,10H2,(H3,18,20,21,22,23). The van der Waals surface area contributed by atoms with Crippen molar-refractivity contribution in [3.05, 3.63) is 42.4 Å². The number of fused-ring (bicyclic) bond motifs is 1. The van der Waals surface area contributed by atoms with Crippen molar-refractivity contribution in [1.29, 1.82) is 0 Å². The lowest BCUT2D eigenvalue weighted by Gasteiger charge is -2.17. The molecule has 3 aromatic heterocycles. The quantitative estimate of drug-likeness (QED) is 0.761. The summed E-state index contributed by atoms with van der Waals surface area (Å²) < 4.78 is 0. The summed E-state index contributed by atoms with van der Waals surface area (Å²) in [5, 5.41) is 4.22. The highest BCUT2D eigenvalue weighted by Gasteiger charge is 2.13. The number of rotatable bonds is 4. The van der Waals surface area contributed by atoms with Crippen LogP contribution in [0.2, 0.25) is 0 Å². The Hall–Kier alpha value is -2.96. The highest BCUT2D eigenvalue weighted by atomic mass is 15.2. The number of hydrogen-bond donors (Lipinski definition) is 2. The predicted molar refractivity (Wildman–Crippen MR) is 94.8 cm³/mol. The molecule has 0 aliphatic carbocycles. The summed E-state index contributed by atoms with van der Waals surface area (Å²) in [6, 6.07) is 7.81. The van der Waals surface area contributed by atoms with E-state index in [4.69, 9.17) is 5.73 Å². The number of nitrogens with zero attached hydrogens (tertiary/aromatic N) is 5. The van der Waals surface area contributed by atoms with Gasteiger partial charge in [-0.1, -0.05) is 0 Å². The summed E-state index contributed by atoms with van der Waals surface area (Å²) >= 11 is 0. The summed E-state index contributed by atoms with van der Waals surface area (Å²) in [6.07, 6.45) is 5.85. The lowest BCUT2D eigenvalue weighted by Crippen LogP contribution is -2.19. The normalized spacial score (nSPS) is 14.2. The van der Waals surface area contributed by atoms with E-state index in [1.807, 2.05) is 18.3 Å². The Morgan fingerprint density at radius 1 is 1.08 bits per heavy atom. The molecule has 1 fully saturated rings. The van der Waals surface area contributed by atoms with Crippen LogP contribution in [0.4, 0.5) is 17.5 Å². The van der Waals surface area contributed by atoms with Gasteiger partial charge >= 0.3 is 0 Å². The number of nitrogen functional groups attached to an aromatic ring is 1. The second-order valence-corrected chi connectivity index (χ2v) is 5.90. The summed E-state index contributed by atoms with van der Waals surface area (Å²) in [5.74, 6) is 2.26. The van der Waals surface area contributed by atoms with Crippen molar-refractivity contribution in [3.63, 3.8) is 0 Å². The molecule has 1 aliphatic rings. The van der Waals surface area contributed by atoms with Gasteiger partial charge in [-0.05, 0) is 42.7 Å². The molecule has 0 saturated carbocycles. The molecule has 0 atom stereocenters. The Labute approximate surface area is 140 Å². The molecule has 0 amide bonds. The van der Waals surface area contributed by atoms with Crippen LogP contribution in [-0.4, -0.2) is 33.0 Å². The second kappa shape index (κ2) is 6.27. The molecule has 4 heterocycles. The van der Waals surface area contributed by atoms with Gasteiger partial charge in [-0.2, -0.15) is 0 Å². The molecule has 0 spiro atoms. The SMILES string of the molecule is Nc1ccc2c(NCc3ccnc(N4CCCC4)c3)ncnc2n1. The Bertz CT molecular complexity index is 858. The van der Waals surface area contributed by atoms with E-state index in [-0.39, 0.29) is 0 Å². The Morgan fingerprint density at radius 2 is 1.96 bits per heavy atom. The number of anilines is 3. The second-order valence-electron chi connectivity index (χ2n) is 5.90. The largest absolute Gasteiger partial charge is 0.384 e. The average Bonchev–Trinajstić information content (AvgIpc) is 3.14. The van der Waals surface area contributed by atoms with Gasteiger partial charge in [0.2, 0.25) is 0 Å². The molecule has 3 N–H and O–H groups in total. The number of aromatic nitrogens is 4. The molecule has 7 nitrogen and oxygen atoms in total. The fourth-order valence-electron chi connectivity index (χ4n) is 2.97. The first-order valence-electron chi connectivity index (χ1n) is 8.10. The Morgan fingerprint density at radius 3 is 2.83 bits per heavy atom. The van der Waals surface area contributed by atoms with Crippen LogP contribution in [0, 0.1) is 0 Å². The molecular formula is C17H19N7. The van der Waals surface area contributed by atoms with E-state index in [9.17, 15) is 0 Å². The van der Waals surface area contributed by atoms with Crippen molar-refractivity contribution in [1.82, 2.24) is 19.9 Å². The lowest BCUT2D eigenvalue weighted by molar-refractivity contribution is 0.931. The van der Waals surface area contributed by atoms with Crippen LogP contribution < -0.4 is 16.0 Å². The summed E-state index contributed by atoms with van der Waals surface area (Å²) in [6.45, 7) is 2.85. The van der Waals surface area contributed by atoms with E-state index in [0.29, 0.717) is 18.0 Å². The van der Waals surface area contributed by atoms with Crippen LogP contribution in [0.1, 0.15) is 18.4 Å². The predicted octanol–water partition coefficient (Wildman–Crippen LogP) is 2.21. The smallest absolute Gasteiger partial charge is 0.166 e. The molecule has 0 radical (unpaired) electrons. The van der Waals surface area contributed by atoms with E-state index < -0.39 is 0 Å². The molecule has 24 heavy (non-hydrogen) atoms. The van der Waals surface area contributed by atoms with Crippen LogP contribution >= 0.6 is 0 Å². The third-order valence-corrected chi connectivity index (χ3v) is 4.22. The number of nitrogens with two attached hydrogens (primary N) is 1. The van der Waals surface area contributed by atoms with Gasteiger partial charge in [0.15, 0.2) is 5.65 Å². The molecule has 7 heteroatoms.